The lowest BCUT2D eigenvalue weighted by Gasteiger charge is -2.17. The number of likely N-dealkylation sites (N-methyl/N-ethyl adjacent to an activating group) is 1. The van der Waals surface area contributed by atoms with Crippen LogP contribution in [0.1, 0.15) is 27.2 Å². The van der Waals surface area contributed by atoms with Crippen molar-refractivity contribution in [3.63, 3.8) is 0 Å². The van der Waals surface area contributed by atoms with Crippen molar-refractivity contribution >= 4 is 5.97 Å². The molecule has 0 bridgehead atoms. The predicted molar refractivity (Wildman–Crippen MR) is 58.2 cm³/mol. The van der Waals surface area contributed by atoms with Crippen LogP contribution in [0, 0.1) is 0 Å². The molecule has 0 N–H and O–H groups in total. The number of ether oxygens (including phenoxy) is 1. The van der Waals surface area contributed by atoms with Crippen LogP contribution in [0.2, 0.25) is 0 Å². The molecule has 0 aliphatic carbocycles. The lowest BCUT2D eigenvalue weighted by atomic mass is 10.3. The van der Waals surface area contributed by atoms with Gasteiger partial charge in [-0.25, -0.2) is 0 Å². The fourth-order valence-corrected chi connectivity index (χ4v) is 1.04. The quantitative estimate of drug-likeness (QED) is 0.483. The molecule has 0 amide bonds. The summed E-state index contributed by atoms with van der Waals surface area (Å²) in [5, 5.41) is 0. The average molecular weight is 199 g/mol. The highest BCUT2D eigenvalue weighted by Crippen LogP contribution is 1.96. The van der Waals surface area contributed by atoms with Crippen molar-refractivity contribution < 1.29 is 9.53 Å². The Bertz CT molecular complexity index is 195. The minimum Gasteiger partial charge on any atom is -0.469 e. The molecule has 0 aromatic carbocycles. The van der Waals surface area contributed by atoms with Gasteiger partial charge >= 0.3 is 5.97 Å². The summed E-state index contributed by atoms with van der Waals surface area (Å²) in [5.41, 5.74) is 1.31. The monoisotopic (exact) mass is 199 g/mol. The Hall–Kier alpha value is -0.830. The average Bonchev–Trinajstić information content (AvgIpc) is 2.17. The Morgan fingerprint density at radius 3 is 2.50 bits per heavy atom. The summed E-state index contributed by atoms with van der Waals surface area (Å²) in [4.78, 5) is 13.1. The molecule has 0 unspecified atom stereocenters. The normalized spacial score (nSPS) is 10.1. The van der Waals surface area contributed by atoms with Crippen molar-refractivity contribution in [1.29, 1.82) is 0 Å². The Labute approximate surface area is 86.7 Å². The Kier molecular flexibility index (Phi) is 7.11. The molecule has 14 heavy (non-hydrogen) atoms. The van der Waals surface area contributed by atoms with Crippen LogP contribution in [0.25, 0.3) is 0 Å². The van der Waals surface area contributed by atoms with E-state index in [0.717, 1.165) is 19.6 Å². The zero-order chi connectivity index (χ0) is 11.0. The summed E-state index contributed by atoms with van der Waals surface area (Å²) in [6.45, 7) is 8.89. The van der Waals surface area contributed by atoms with Gasteiger partial charge in [0.05, 0.1) is 13.5 Å². The van der Waals surface area contributed by atoms with Crippen LogP contribution < -0.4 is 0 Å². The van der Waals surface area contributed by atoms with Gasteiger partial charge in [0.2, 0.25) is 0 Å². The van der Waals surface area contributed by atoms with Crippen LogP contribution in [0.5, 0.6) is 0 Å². The van der Waals surface area contributed by atoms with Gasteiger partial charge in [-0.2, -0.15) is 0 Å². The van der Waals surface area contributed by atoms with Crippen molar-refractivity contribution in [2.24, 2.45) is 0 Å². The number of allylic oxidation sites excluding steroid dienone is 1. The van der Waals surface area contributed by atoms with Crippen molar-refractivity contribution in [2.45, 2.75) is 27.2 Å². The van der Waals surface area contributed by atoms with Gasteiger partial charge in [-0.3, -0.25) is 9.69 Å². The highest BCUT2D eigenvalue weighted by molar-refractivity contribution is 5.69. The molecule has 0 aliphatic rings. The molecule has 0 heterocycles. The first-order valence-electron chi connectivity index (χ1n) is 5.02. The number of esters is 1. The third-order valence-corrected chi connectivity index (χ3v) is 2.06. The van der Waals surface area contributed by atoms with E-state index < -0.39 is 0 Å². The second kappa shape index (κ2) is 7.56. The van der Waals surface area contributed by atoms with Crippen LogP contribution >= 0.6 is 0 Å². The van der Waals surface area contributed by atoms with Crippen LogP contribution in [-0.4, -0.2) is 37.6 Å². The highest BCUT2D eigenvalue weighted by Gasteiger charge is 2.04. The SMILES string of the molecule is CCN(CC=C(C)C)CCC(=O)OC. The number of carbonyl (C=O) groups is 1. The second-order valence-electron chi connectivity index (χ2n) is 3.50. The molecular weight excluding hydrogens is 178 g/mol. The van der Waals surface area contributed by atoms with Gasteiger partial charge in [-0.15, -0.1) is 0 Å². The maximum absolute atomic E-state index is 10.9. The fraction of sp³-hybridized carbons (Fsp3) is 0.727. The van der Waals surface area contributed by atoms with E-state index in [-0.39, 0.29) is 5.97 Å². The molecule has 0 saturated carbocycles. The lowest BCUT2D eigenvalue weighted by Crippen LogP contribution is -2.26. The number of methoxy groups -OCH3 is 1. The lowest BCUT2D eigenvalue weighted by molar-refractivity contribution is -0.140. The minimum absolute atomic E-state index is 0.138. The summed E-state index contributed by atoms with van der Waals surface area (Å²) in [6, 6.07) is 0. The largest absolute Gasteiger partial charge is 0.469 e. The first-order chi connectivity index (χ1) is 6.60. The van der Waals surface area contributed by atoms with Crippen LogP contribution in [-0.2, 0) is 9.53 Å². The maximum Gasteiger partial charge on any atom is 0.306 e. The second-order valence-corrected chi connectivity index (χ2v) is 3.50. The van der Waals surface area contributed by atoms with E-state index in [9.17, 15) is 4.79 Å². The van der Waals surface area contributed by atoms with Crippen molar-refractivity contribution in [3.05, 3.63) is 11.6 Å². The van der Waals surface area contributed by atoms with Gasteiger partial charge in [-0.1, -0.05) is 18.6 Å². The van der Waals surface area contributed by atoms with Crippen molar-refractivity contribution in [1.82, 2.24) is 4.90 Å². The minimum atomic E-state index is -0.138. The van der Waals surface area contributed by atoms with Crippen molar-refractivity contribution in [2.75, 3.05) is 26.7 Å². The van der Waals surface area contributed by atoms with Crippen LogP contribution in [0.3, 0.4) is 0 Å². The van der Waals surface area contributed by atoms with E-state index in [4.69, 9.17) is 0 Å². The van der Waals surface area contributed by atoms with E-state index in [1.54, 1.807) is 0 Å². The summed E-state index contributed by atoms with van der Waals surface area (Å²) >= 11 is 0. The zero-order valence-corrected chi connectivity index (χ0v) is 9.67. The molecule has 0 aromatic rings. The molecule has 0 aromatic heterocycles. The van der Waals surface area contributed by atoms with Gasteiger partial charge < -0.3 is 4.74 Å². The van der Waals surface area contributed by atoms with E-state index in [0.29, 0.717) is 6.42 Å². The van der Waals surface area contributed by atoms with Gasteiger partial charge in [0, 0.05) is 13.1 Å². The molecule has 0 spiro atoms. The number of carbonyl (C=O) groups excluding carboxylic acids is 1. The Morgan fingerprint density at radius 1 is 1.43 bits per heavy atom. The number of hydrogen-bond acceptors (Lipinski definition) is 3. The maximum atomic E-state index is 10.9. The standard InChI is InChI=1S/C11H21NO2/c1-5-12(8-6-10(2)3)9-7-11(13)14-4/h6H,5,7-9H2,1-4H3. The predicted octanol–water partition coefficient (Wildman–Crippen LogP) is 1.84. The molecule has 0 saturated heterocycles. The number of hydrogen-bond donors (Lipinski definition) is 0. The molecule has 0 aliphatic heterocycles. The Morgan fingerprint density at radius 2 is 2.07 bits per heavy atom. The zero-order valence-electron chi connectivity index (χ0n) is 9.67. The molecule has 0 radical (unpaired) electrons. The number of rotatable bonds is 6. The molecule has 82 valence electrons. The molecule has 3 nitrogen and oxygen atoms in total. The van der Waals surface area contributed by atoms with Gasteiger partial charge in [0.1, 0.15) is 0 Å². The fourth-order valence-electron chi connectivity index (χ4n) is 1.04. The van der Waals surface area contributed by atoms with Gasteiger partial charge in [-0.05, 0) is 20.4 Å². The summed E-state index contributed by atoms with van der Waals surface area (Å²) < 4.78 is 4.59. The van der Waals surface area contributed by atoms with E-state index in [2.05, 4.69) is 36.5 Å². The Balaban J connectivity index is 3.79. The third-order valence-electron chi connectivity index (χ3n) is 2.06. The molecule has 3 heteroatoms. The first-order valence-corrected chi connectivity index (χ1v) is 5.02. The van der Waals surface area contributed by atoms with Crippen LogP contribution in [0.15, 0.2) is 11.6 Å². The van der Waals surface area contributed by atoms with E-state index in [1.807, 2.05) is 0 Å². The smallest absolute Gasteiger partial charge is 0.306 e. The first kappa shape index (κ1) is 13.2. The highest BCUT2D eigenvalue weighted by atomic mass is 16.5. The molecule has 0 fully saturated rings. The van der Waals surface area contributed by atoms with Crippen LogP contribution in [0.4, 0.5) is 0 Å². The van der Waals surface area contributed by atoms with E-state index >= 15 is 0 Å². The van der Waals surface area contributed by atoms with E-state index in [1.165, 1.54) is 12.7 Å². The summed E-state index contributed by atoms with van der Waals surface area (Å²) in [7, 11) is 1.43. The van der Waals surface area contributed by atoms with Crippen molar-refractivity contribution in [3.8, 4) is 0 Å². The molecule has 0 rings (SSSR count). The van der Waals surface area contributed by atoms with Gasteiger partial charge in [0.25, 0.3) is 0 Å². The van der Waals surface area contributed by atoms with Gasteiger partial charge in [0.15, 0.2) is 0 Å². The third kappa shape index (κ3) is 6.66. The number of nitrogens with zero attached hydrogens (tertiary/aromatic N) is 1. The summed E-state index contributed by atoms with van der Waals surface area (Å²) in [5.74, 6) is -0.138. The summed E-state index contributed by atoms with van der Waals surface area (Å²) in [6.07, 6.45) is 2.64. The molecule has 0 atom stereocenters. The molecular formula is C11H21NO2. The topological polar surface area (TPSA) is 29.5 Å².